The van der Waals surface area contributed by atoms with E-state index in [4.69, 9.17) is 15.2 Å². The summed E-state index contributed by atoms with van der Waals surface area (Å²) < 4.78 is 9.80. The number of nitrogens with two attached hydrogens (primary N) is 1. The second-order valence-corrected chi connectivity index (χ2v) is 3.27. The summed E-state index contributed by atoms with van der Waals surface area (Å²) in [7, 11) is 0. The van der Waals surface area contributed by atoms with Crippen LogP contribution in [0.4, 0.5) is 0 Å². The van der Waals surface area contributed by atoms with E-state index in [9.17, 15) is 9.59 Å². The van der Waals surface area contributed by atoms with Crippen molar-refractivity contribution in [2.45, 2.75) is 19.8 Å². The maximum atomic E-state index is 11.1. The van der Waals surface area contributed by atoms with Crippen LogP contribution < -0.4 is 11.1 Å². The molecule has 0 aromatic heterocycles. The largest absolute Gasteiger partial charge is 0.465 e. The first-order chi connectivity index (χ1) is 7.66. The van der Waals surface area contributed by atoms with Crippen molar-refractivity contribution in [2.24, 2.45) is 5.73 Å². The van der Waals surface area contributed by atoms with Gasteiger partial charge in [0.15, 0.2) is 0 Å². The van der Waals surface area contributed by atoms with Crippen LogP contribution in [0.2, 0.25) is 0 Å². The van der Waals surface area contributed by atoms with Gasteiger partial charge < -0.3 is 20.5 Å². The van der Waals surface area contributed by atoms with Crippen molar-refractivity contribution in [1.29, 1.82) is 0 Å². The van der Waals surface area contributed by atoms with Gasteiger partial charge in [-0.05, 0) is 6.42 Å². The number of carbonyl (C=O) groups is 2. The van der Waals surface area contributed by atoms with E-state index < -0.39 is 5.91 Å². The van der Waals surface area contributed by atoms with Crippen LogP contribution in [0, 0.1) is 0 Å². The van der Waals surface area contributed by atoms with Crippen LogP contribution in [0.3, 0.4) is 0 Å². The lowest BCUT2D eigenvalue weighted by molar-refractivity contribution is -0.142. The third-order valence-corrected chi connectivity index (χ3v) is 1.70. The molecule has 16 heavy (non-hydrogen) atoms. The molecule has 0 unspecified atom stereocenters. The van der Waals surface area contributed by atoms with Crippen molar-refractivity contribution in [2.75, 3.05) is 32.9 Å². The zero-order valence-corrected chi connectivity index (χ0v) is 9.66. The Hall–Kier alpha value is -1.14. The van der Waals surface area contributed by atoms with Crippen molar-refractivity contribution in [1.82, 2.24) is 5.32 Å². The minimum atomic E-state index is -0.501. The summed E-state index contributed by atoms with van der Waals surface area (Å²) in [6, 6.07) is 0. The number of carbonyl (C=O) groups excluding carboxylic acids is 2. The van der Waals surface area contributed by atoms with E-state index in [0.717, 1.165) is 12.8 Å². The Bertz CT molecular complexity index is 209. The van der Waals surface area contributed by atoms with E-state index in [1.165, 1.54) is 0 Å². The highest BCUT2D eigenvalue weighted by atomic mass is 16.5. The maximum absolute atomic E-state index is 11.1. The van der Waals surface area contributed by atoms with Gasteiger partial charge in [-0.3, -0.25) is 9.59 Å². The molecule has 3 N–H and O–H groups in total. The second-order valence-electron chi connectivity index (χ2n) is 3.27. The van der Waals surface area contributed by atoms with Crippen LogP contribution in [0.5, 0.6) is 0 Å². The first-order valence-corrected chi connectivity index (χ1v) is 5.39. The van der Waals surface area contributed by atoms with Gasteiger partial charge in [0.2, 0.25) is 5.91 Å². The molecule has 6 heteroatoms. The van der Waals surface area contributed by atoms with Gasteiger partial charge in [-0.1, -0.05) is 13.3 Å². The van der Waals surface area contributed by atoms with E-state index in [-0.39, 0.29) is 19.1 Å². The van der Waals surface area contributed by atoms with E-state index in [2.05, 4.69) is 5.32 Å². The average Bonchev–Trinajstić information content (AvgIpc) is 2.23. The van der Waals surface area contributed by atoms with Crippen LogP contribution in [-0.2, 0) is 19.1 Å². The molecule has 0 aliphatic rings. The fraction of sp³-hybridized carbons (Fsp3) is 0.800. The third-order valence-electron chi connectivity index (χ3n) is 1.70. The number of esters is 1. The van der Waals surface area contributed by atoms with Crippen molar-refractivity contribution in [3.63, 3.8) is 0 Å². The smallest absolute Gasteiger partial charge is 0.319 e. The van der Waals surface area contributed by atoms with Crippen LogP contribution in [0.1, 0.15) is 19.8 Å². The first kappa shape index (κ1) is 14.9. The maximum Gasteiger partial charge on any atom is 0.319 e. The zero-order chi connectivity index (χ0) is 12.2. The number of hydrogen-bond donors (Lipinski definition) is 2. The minimum Gasteiger partial charge on any atom is -0.465 e. The van der Waals surface area contributed by atoms with Gasteiger partial charge in [0.25, 0.3) is 0 Å². The normalized spacial score (nSPS) is 10.1. The number of ether oxygens (including phenoxy) is 2. The Labute approximate surface area is 95.5 Å². The number of rotatable bonds is 10. The molecule has 6 nitrogen and oxygen atoms in total. The van der Waals surface area contributed by atoms with E-state index in [1.807, 2.05) is 6.92 Å². The fourth-order valence-corrected chi connectivity index (χ4v) is 0.889. The second kappa shape index (κ2) is 10.4. The molecule has 0 saturated heterocycles. The quantitative estimate of drug-likeness (QED) is 0.388. The third kappa shape index (κ3) is 10.9. The van der Waals surface area contributed by atoms with Gasteiger partial charge in [0.1, 0.15) is 6.61 Å². The van der Waals surface area contributed by atoms with E-state index in [1.54, 1.807) is 0 Å². The predicted molar refractivity (Wildman–Crippen MR) is 58.8 cm³/mol. The molecular weight excluding hydrogens is 212 g/mol. The molecule has 0 rings (SSSR count). The molecule has 0 bridgehead atoms. The SMILES string of the molecule is CCCCOC(=O)CNCCOCC(N)=O. The average molecular weight is 232 g/mol. The molecule has 0 spiro atoms. The minimum absolute atomic E-state index is 0.0946. The Morgan fingerprint density at radius 1 is 1.31 bits per heavy atom. The highest BCUT2D eigenvalue weighted by Crippen LogP contribution is 1.87. The van der Waals surface area contributed by atoms with Crippen molar-refractivity contribution < 1.29 is 19.1 Å². The molecule has 0 radical (unpaired) electrons. The van der Waals surface area contributed by atoms with Crippen LogP contribution in [-0.4, -0.2) is 44.8 Å². The number of hydrogen-bond acceptors (Lipinski definition) is 5. The Morgan fingerprint density at radius 2 is 2.06 bits per heavy atom. The number of primary amides is 1. The number of amides is 1. The van der Waals surface area contributed by atoms with Crippen LogP contribution in [0.15, 0.2) is 0 Å². The molecule has 0 atom stereocenters. The first-order valence-electron chi connectivity index (χ1n) is 5.39. The molecule has 0 saturated carbocycles. The van der Waals surface area contributed by atoms with Gasteiger partial charge in [0.05, 0.1) is 19.8 Å². The molecular formula is C10H20N2O4. The summed E-state index contributed by atoms with van der Waals surface area (Å²) in [6.45, 7) is 3.38. The lowest BCUT2D eigenvalue weighted by atomic mass is 10.4. The summed E-state index contributed by atoms with van der Waals surface area (Å²) in [5, 5.41) is 2.83. The predicted octanol–water partition coefficient (Wildman–Crippen LogP) is -0.579. The molecule has 0 aromatic carbocycles. The van der Waals surface area contributed by atoms with Crippen LogP contribution >= 0.6 is 0 Å². The van der Waals surface area contributed by atoms with Gasteiger partial charge in [-0.25, -0.2) is 0 Å². The topological polar surface area (TPSA) is 90.7 Å². The Balaban J connectivity index is 3.18. The van der Waals surface area contributed by atoms with Crippen LogP contribution in [0.25, 0.3) is 0 Å². The Morgan fingerprint density at radius 3 is 2.69 bits per heavy atom. The van der Waals surface area contributed by atoms with Gasteiger partial charge in [-0.2, -0.15) is 0 Å². The van der Waals surface area contributed by atoms with Gasteiger partial charge in [-0.15, -0.1) is 0 Å². The molecule has 0 aromatic rings. The summed E-state index contributed by atoms with van der Waals surface area (Å²) in [5.41, 5.74) is 4.86. The molecule has 0 fully saturated rings. The summed E-state index contributed by atoms with van der Waals surface area (Å²) in [4.78, 5) is 21.3. The van der Waals surface area contributed by atoms with Crippen molar-refractivity contribution >= 4 is 11.9 Å². The monoisotopic (exact) mass is 232 g/mol. The highest BCUT2D eigenvalue weighted by Gasteiger charge is 2.01. The number of unbranched alkanes of at least 4 members (excludes halogenated alkanes) is 1. The van der Waals surface area contributed by atoms with Crippen molar-refractivity contribution in [3.8, 4) is 0 Å². The molecule has 0 aliphatic carbocycles. The highest BCUT2D eigenvalue weighted by molar-refractivity contribution is 5.75. The molecule has 0 heterocycles. The zero-order valence-electron chi connectivity index (χ0n) is 9.66. The molecule has 1 amide bonds. The van der Waals surface area contributed by atoms with Gasteiger partial charge >= 0.3 is 5.97 Å². The summed E-state index contributed by atoms with van der Waals surface area (Å²) in [6.07, 6.45) is 1.88. The van der Waals surface area contributed by atoms with E-state index in [0.29, 0.717) is 19.8 Å². The molecule has 0 aliphatic heterocycles. The van der Waals surface area contributed by atoms with E-state index >= 15 is 0 Å². The fourth-order valence-electron chi connectivity index (χ4n) is 0.889. The standard InChI is InChI=1S/C10H20N2O4/c1-2-3-5-16-10(14)7-12-4-6-15-8-9(11)13/h12H,2-8H2,1H3,(H2,11,13). The lowest BCUT2D eigenvalue weighted by Crippen LogP contribution is -2.29. The summed E-state index contributed by atoms with van der Waals surface area (Å²) in [5.74, 6) is -0.776. The summed E-state index contributed by atoms with van der Waals surface area (Å²) >= 11 is 0. The van der Waals surface area contributed by atoms with Gasteiger partial charge in [0, 0.05) is 6.54 Å². The Kier molecular flexibility index (Phi) is 9.64. The molecule has 94 valence electrons. The lowest BCUT2D eigenvalue weighted by Gasteiger charge is -2.05. The number of nitrogens with one attached hydrogen (secondary N) is 1. The van der Waals surface area contributed by atoms with Crippen molar-refractivity contribution in [3.05, 3.63) is 0 Å².